The molecule has 0 spiro atoms. The SMILES string of the molecule is C=C1C(c2ccc(-c3ccccc3)cc2)=NC(c2ccccc2)=NC1c1ccc2c(c1)oc1ccc(-n3c4ccccc4c4ccccc43)cc12. The number of aliphatic imine (C=N–C) groups is 2. The van der Waals surface area contributed by atoms with Gasteiger partial charge in [-0.2, -0.15) is 0 Å². The first-order valence-corrected chi connectivity index (χ1v) is 17.2. The van der Waals surface area contributed by atoms with Gasteiger partial charge in [0.15, 0.2) is 5.84 Å². The Labute approximate surface area is 295 Å². The standard InChI is InChI=1S/C47H31N3O/c1-30-45(33-22-20-32(21-23-33)31-12-4-2-5-13-31)48-47(34-14-6-3-7-15-34)49-46(30)35-24-26-39-40-29-36(25-27-43(40)51-44(39)28-35)50-41-18-10-8-16-37(41)38-17-9-11-19-42(38)50/h2-29,46H,1H2. The van der Waals surface area contributed by atoms with Crippen molar-refractivity contribution in [2.45, 2.75) is 6.04 Å². The minimum Gasteiger partial charge on any atom is -0.456 e. The van der Waals surface area contributed by atoms with E-state index in [9.17, 15) is 0 Å². The molecule has 0 N–H and O–H groups in total. The van der Waals surface area contributed by atoms with Crippen LogP contribution >= 0.6 is 0 Å². The summed E-state index contributed by atoms with van der Waals surface area (Å²) in [5.74, 6) is 0.690. The number of furan rings is 1. The van der Waals surface area contributed by atoms with Crippen LogP contribution in [-0.2, 0) is 0 Å². The molecule has 0 amide bonds. The number of fused-ring (bicyclic) bond motifs is 6. The smallest absolute Gasteiger partial charge is 0.156 e. The minimum absolute atomic E-state index is 0.327. The highest BCUT2D eigenvalue weighted by Gasteiger charge is 2.27. The lowest BCUT2D eigenvalue weighted by molar-refractivity contribution is 0.667. The topological polar surface area (TPSA) is 42.8 Å². The molecule has 1 aliphatic heterocycles. The number of nitrogens with zero attached hydrogens (tertiary/aromatic N) is 3. The lowest BCUT2D eigenvalue weighted by Crippen LogP contribution is -2.20. The highest BCUT2D eigenvalue weighted by Crippen LogP contribution is 2.39. The molecule has 1 aliphatic rings. The molecule has 4 nitrogen and oxygen atoms in total. The van der Waals surface area contributed by atoms with E-state index in [4.69, 9.17) is 14.4 Å². The molecule has 0 saturated heterocycles. The zero-order chi connectivity index (χ0) is 33.9. The maximum atomic E-state index is 6.53. The molecule has 7 aromatic carbocycles. The summed E-state index contributed by atoms with van der Waals surface area (Å²) in [6.45, 7) is 4.58. The summed E-state index contributed by atoms with van der Waals surface area (Å²) in [6.07, 6.45) is 0. The molecule has 0 fully saturated rings. The van der Waals surface area contributed by atoms with Crippen molar-refractivity contribution in [3.05, 3.63) is 199 Å². The van der Waals surface area contributed by atoms with Gasteiger partial charge >= 0.3 is 0 Å². The van der Waals surface area contributed by atoms with E-state index in [0.717, 1.165) is 61.2 Å². The summed E-state index contributed by atoms with van der Waals surface area (Å²) in [4.78, 5) is 10.3. The van der Waals surface area contributed by atoms with E-state index in [1.54, 1.807) is 0 Å². The van der Waals surface area contributed by atoms with E-state index in [1.165, 1.54) is 27.4 Å². The lowest BCUT2D eigenvalue weighted by Gasteiger charge is -2.24. The van der Waals surface area contributed by atoms with Crippen LogP contribution in [0.15, 0.2) is 196 Å². The summed E-state index contributed by atoms with van der Waals surface area (Å²) in [5, 5.41) is 4.63. The van der Waals surface area contributed by atoms with Crippen LogP contribution in [0, 0.1) is 0 Å². The summed E-state index contributed by atoms with van der Waals surface area (Å²) in [7, 11) is 0. The van der Waals surface area contributed by atoms with Crippen LogP contribution in [0.4, 0.5) is 0 Å². The van der Waals surface area contributed by atoms with Crippen molar-refractivity contribution in [3.63, 3.8) is 0 Å². The Morgan fingerprint density at radius 2 is 1.10 bits per heavy atom. The van der Waals surface area contributed by atoms with Crippen molar-refractivity contribution in [1.29, 1.82) is 0 Å². The second-order valence-corrected chi connectivity index (χ2v) is 13.1. The first-order chi connectivity index (χ1) is 25.2. The van der Waals surface area contributed by atoms with E-state index in [0.29, 0.717) is 5.84 Å². The maximum Gasteiger partial charge on any atom is 0.156 e. The number of benzene rings is 7. The third-order valence-corrected chi connectivity index (χ3v) is 10.0. The minimum atomic E-state index is -0.327. The van der Waals surface area contributed by atoms with E-state index in [2.05, 4.69) is 157 Å². The van der Waals surface area contributed by atoms with Gasteiger partial charge in [0.1, 0.15) is 17.2 Å². The van der Waals surface area contributed by atoms with Crippen LogP contribution in [0.2, 0.25) is 0 Å². The third-order valence-electron chi connectivity index (χ3n) is 10.0. The molecule has 3 heterocycles. The summed E-state index contributed by atoms with van der Waals surface area (Å²) in [6, 6.07) is 58.9. The Kier molecular flexibility index (Phi) is 6.68. The summed E-state index contributed by atoms with van der Waals surface area (Å²) in [5.41, 5.74) is 12.2. The molecule has 240 valence electrons. The Morgan fingerprint density at radius 3 is 1.80 bits per heavy atom. The second-order valence-electron chi connectivity index (χ2n) is 13.1. The molecule has 51 heavy (non-hydrogen) atoms. The van der Waals surface area contributed by atoms with Crippen LogP contribution in [0.25, 0.3) is 60.6 Å². The highest BCUT2D eigenvalue weighted by molar-refractivity contribution is 6.22. The Hall–Kier alpha value is -6.78. The zero-order valence-corrected chi connectivity index (χ0v) is 27.7. The molecule has 0 aliphatic carbocycles. The molecule has 0 radical (unpaired) electrons. The van der Waals surface area contributed by atoms with Crippen LogP contribution in [0.3, 0.4) is 0 Å². The third kappa shape index (κ3) is 4.84. The van der Waals surface area contributed by atoms with E-state index in [1.807, 2.05) is 24.3 Å². The quantitative estimate of drug-likeness (QED) is 0.182. The molecular weight excluding hydrogens is 623 g/mol. The predicted molar refractivity (Wildman–Crippen MR) is 211 cm³/mol. The predicted octanol–water partition coefficient (Wildman–Crippen LogP) is 11.9. The zero-order valence-electron chi connectivity index (χ0n) is 27.7. The normalized spacial score (nSPS) is 14.7. The number of amidine groups is 1. The second kappa shape index (κ2) is 11.7. The number of aromatic nitrogens is 1. The number of hydrogen-bond acceptors (Lipinski definition) is 3. The Bertz CT molecular complexity index is 2800. The van der Waals surface area contributed by atoms with Gasteiger partial charge in [-0.25, -0.2) is 4.99 Å². The molecular formula is C47H31N3O. The van der Waals surface area contributed by atoms with Gasteiger partial charge in [0, 0.05) is 43.9 Å². The monoisotopic (exact) mass is 653 g/mol. The molecule has 4 heteroatoms. The fraction of sp³-hybridized carbons (Fsp3) is 0.0213. The van der Waals surface area contributed by atoms with Gasteiger partial charge < -0.3 is 8.98 Å². The molecule has 1 atom stereocenters. The highest BCUT2D eigenvalue weighted by atomic mass is 16.3. The van der Waals surface area contributed by atoms with Gasteiger partial charge in [-0.15, -0.1) is 0 Å². The van der Waals surface area contributed by atoms with Gasteiger partial charge in [0.05, 0.1) is 16.7 Å². The molecule has 1 unspecified atom stereocenters. The van der Waals surface area contributed by atoms with Crippen LogP contribution in [0.5, 0.6) is 0 Å². The van der Waals surface area contributed by atoms with E-state index < -0.39 is 0 Å². The average Bonchev–Trinajstić information content (AvgIpc) is 3.73. The van der Waals surface area contributed by atoms with Crippen molar-refractivity contribution < 1.29 is 4.42 Å². The van der Waals surface area contributed by atoms with Gasteiger partial charge in [-0.3, -0.25) is 4.99 Å². The molecule has 9 aromatic rings. The van der Waals surface area contributed by atoms with Crippen molar-refractivity contribution in [2.75, 3.05) is 0 Å². The van der Waals surface area contributed by atoms with Crippen LogP contribution in [-0.4, -0.2) is 16.1 Å². The first-order valence-electron chi connectivity index (χ1n) is 17.2. The lowest BCUT2D eigenvalue weighted by atomic mass is 9.90. The Morgan fingerprint density at radius 1 is 0.490 bits per heavy atom. The van der Waals surface area contributed by atoms with Crippen molar-refractivity contribution in [1.82, 2.24) is 4.57 Å². The number of hydrogen-bond donors (Lipinski definition) is 0. The molecule has 2 aromatic heterocycles. The first kappa shape index (κ1) is 29.2. The van der Waals surface area contributed by atoms with E-state index >= 15 is 0 Å². The molecule has 0 bridgehead atoms. The van der Waals surface area contributed by atoms with Crippen molar-refractivity contribution in [3.8, 4) is 16.8 Å². The van der Waals surface area contributed by atoms with Crippen LogP contribution < -0.4 is 0 Å². The van der Waals surface area contributed by atoms with Crippen molar-refractivity contribution in [2.24, 2.45) is 9.98 Å². The fourth-order valence-electron chi connectivity index (χ4n) is 7.53. The molecule has 10 rings (SSSR count). The van der Waals surface area contributed by atoms with Crippen LogP contribution in [0.1, 0.15) is 22.7 Å². The van der Waals surface area contributed by atoms with E-state index in [-0.39, 0.29) is 6.04 Å². The number of para-hydroxylation sites is 2. The summed E-state index contributed by atoms with van der Waals surface area (Å²) >= 11 is 0. The number of rotatable bonds is 5. The summed E-state index contributed by atoms with van der Waals surface area (Å²) < 4.78 is 8.87. The molecule has 0 saturated carbocycles. The van der Waals surface area contributed by atoms with Gasteiger partial charge in [0.25, 0.3) is 0 Å². The maximum absolute atomic E-state index is 6.53. The van der Waals surface area contributed by atoms with Gasteiger partial charge in [0.2, 0.25) is 0 Å². The van der Waals surface area contributed by atoms with Gasteiger partial charge in [-0.05, 0) is 53.1 Å². The van der Waals surface area contributed by atoms with Crippen molar-refractivity contribution >= 4 is 55.3 Å². The largest absolute Gasteiger partial charge is 0.456 e. The Balaban J connectivity index is 1.06. The average molecular weight is 654 g/mol. The van der Waals surface area contributed by atoms with Gasteiger partial charge in [-0.1, -0.05) is 140 Å². The fourth-order valence-corrected chi connectivity index (χ4v) is 7.53.